The number of anilines is 2. The fourth-order valence-electron chi connectivity index (χ4n) is 3.45. The van der Waals surface area contributed by atoms with E-state index in [4.69, 9.17) is 4.74 Å². The molecule has 0 bridgehead atoms. The van der Waals surface area contributed by atoms with Gasteiger partial charge in [-0.3, -0.25) is 14.4 Å². The Labute approximate surface area is 189 Å². The third kappa shape index (κ3) is 4.37. The first kappa shape index (κ1) is 22.0. The highest BCUT2D eigenvalue weighted by atomic mass is 32.2. The minimum Gasteiger partial charge on any atom is -0.462 e. The summed E-state index contributed by atoms with van der Waals surface area (Å²) >= 11 is 1.00. The molecule has 166 valence electrons. The molecule has 0 unspecified atom stereocenters. The quantitative estimate of drug-likeness (QED) is 0.550. The third-order valence-corrected chi connectivity index (χ3v) is 7.70. The number of ether oxygens (including phenoxy) is 1. The Morgan fingerprint density at radius 1 is 1.16 bits per heavy atom. The Hall–Kier alpha value is -3.24. The second kappa shape index (κ2) is 9.09. The van der Waals surface area contributed by atoms with Gasteiger partial charge in [-0.2, -0.15) is 0 Å². The molecule has 1 N–H and O–H groups in total. The molecule has 8 nitrogen and oxygen atoms in total. The number of benzene rings is 2. The number of fused-ring (bicyclic) bond motifs is 1. The van der Waals surface area contributed by atoms with Crippen LogP contribution in [0.25, 0.3) is 0 Å². The third-order valence-electron chi connectivity index (χ3n) is 4.97. The Morgan fingerprint density at radius 2 is 1.91 bits per heavy atom. The lowest BCUT2D eigenvalue weighted by atomic mass is 10.0. The molecule has 0 aliphatic carbocycles. The molecule has 2 heterocycles. The maximum atomic E-state index is 13.2. The summed E-state index contributed by atoms with van der Waals surface area (Å²) in [5.74, 6) is -0.957. The van der Waals surface area contributed by atoms with Gasteiger partial charge in [-0.1, -0.05) is 29.5 Å². The van der Waals surface area contributed by atoms with Crippen molar-refractivity contribution in [3.8, 4) is 0 Å². The molecule has 3 aromatic rings. The largest absolute Gasteiger partial charge is 0.462 e. The Balaban J connectivity index is 1.50. The topological polar surface area (TPSA) is 106 Å². The highest BCUT2D eigenvalue weighted by molar-refractivity contribution is 7.92. The van der Waals surface area contributed by atoms with Gasteiger partial charge < -0.3 is 4.74 Å². The molecule has 0 radical (unpaired) electrons. The molecular weight excluding hydrogens is 450 g/mol. The lowest BCUT2D eigenvalue weighted by molar-refractivity contribution is 0.0531. The van der Waals surface area contributed by atoms with Gasteiger partial charge in [0.15, 0.2) is 5.13 Å². The molecule has 0 atom stereocenters. The SMILES string of the molecule is CCOC(=O)c1cnc(NC(=O)c2ccc(S(=O)(=O)N3CCCc4ccccc43)cc2)s1. The zero-order valence-corrected chi connectivity index (χ0v) is 18.9. The lowest BCUT2D eigenvalue weighted by Crippen LogP contribution is -2.35. The zero-order valence-electron chi connectivity index (χ0n) is 17.3. The van der Waals surface area contributed by atoms with Crippen LogP contribution in [0.5, 0.6) is 0 Å². The molecule has 0 spiro atoms. The van der Waals surface area contributed by atoms with Gasteiger partial charge in [-0.15, -0.1) is 0 Å². The van der Waals surface area contributed by atoms with E-state index in [1.807, 2.05) is 24.3 Å². The van der Waals surface area contributed by atoms with Crippen molar-refractivity contribution in [2.24, 2.45) is 0 Å². The first-order valence-corrected chi connectivity index (χ1v) is 12.3. The summed E-state index contributed by atoms with van der Waals surface area (Å²) < 4.78 is 32.8. The highest BCUT2D eigenvalue weighted by Gasteiger charge is 2.29. The number of aryl methyl sites for hydroxylation is 1. The second-order valence-corrected chi connectivity index (χ2v) is 9.93. The van der Waals surface area contributed by atoms with E-state index in [0.717, 1.165) is 29.7 Å². The van der Waals surface area contributed by atoms with Crippen LogP contribution in [-0.4, -0.2) is 38.4 Å². The van der Waals surface area contributed by atoms with Gasteiger partial charge >= 0.3 is 5.97 Å². The summed E-state index contributed by atoms with van der Waals surface area (Å²) in [6.07, 6.45) is 2.93. The smallest absolute Gasteiger partial charge is 0.350 e. The number of hydrogen-bond acceptors (Lipinski definition) is 7. The predicted octanol–water partition coefficient (Wildman–Crippen LogP) is 3.71. The summed E-state index contributed by atoms with van der Waals surface area (Å²) in [4.78, 5) is 28.7. The van der Waals surface area contributed by atoms with Crippen molar-refractivity contribution in [3.63, 3.8) is 0 Å². The van der Waals surface area contributed by atoms with Gasteiger partial charge in [-0.25, -0.2) is 18.2 Å². The molecule has 0 fully saturated rings. The minimum atomic E-state index is -3.75. The second-order valence-electron chi connectivity index (χ2n) is 7.04. The first-order chi connectivity index (χ1) is 15.4. The number of para-hydroxylation sites is 1. The summed E-state index contributed by atoms with van der Waals surface area (Å²) in [7, 11) is -3.75. The van der Waals surface area contributed by atoms with E-state index in [9.17, 15) is 18.0 Å². The average molecular weight is 472 g/mol. The molecule has 10 heteroatoms. The highest BCUT2D eigenvalue weighted by Crippen LogP contribution is 2.31. The van der Waals surface area contributed by atoms with Gasteiger partial charge in [-0.05, 0) is 55.7 Å². The van der Waals surface area contributed by atoms with Crippen molar-refractivity contribution in [1.29, 1.82) is 0 Å². The van der Waals surface area contributed by atoms with E-state index in [2.05, 4.69) is 10.3 Å². The summed E-state index contributed by atoms with van der Waals surface area (Å²) in [6.45, 7) is 2.36. The van der Waals surface area contributed by atoms with Crippen molar-refractivity contribution < 1.29 is 22.7 Å². The molecule has 1 aromatic heterocycles. The van der Waals surface area contributed by atoms with E-state index in [1.54, 1.807) is 6.92 Å². The van der Waals surface area contributed by atoms with Crippen LogP contribution in [0.1, 0.15) is 38.9 Å². The van der Waals surface area contributed by atoms with Gasteiger partial charge in [0.2, 0.25) is 0 Å². The first-order valence-electron chi connectivity index (χ1n) is 10.0. The van der Waals surface area contributed by atoms with Gasteiger partial charge in [0.25, 0.3) is 15.9 Å². The van der Waals surface area contributed by atoms with Crippen LogP contribution < -0.4 is 9.62 Å². The number of aromatic nitrogens is 1. The molecule has 32 heavy (non-hydrogen) atoms. The fraction of sp³-hybridized carbons (Fsp3) is 0.227. The number of amides is 1. The number of sulfonamides is 1. The average Bonchev–Trinajstić information content (AvgIpc) is 3.27. The molecule has 1 aliphatic rings. The summed E-state index contributed by atoms with van der Waals surface area (Å²) in [5.41, 5.74) is 1.97. The summed E-state index contributed by atoms with van der Waals surface area (Å²) in [5, 5.41) is 2.86. The van der Waals surface area contributed by atoms with E-state index in [-0.39, 0.29) is 27.1 Å². The number of nitrogens with one attached hydrogen (secondary N) is 1. The van der Waals surface area contributed by atoms with E-state index in [0.29, 0.717) is 12.2 Å². The molecule has 0 saturated carbocycles. The molecular formula is C22H21N3O5S2. The number of thiazole rings is 1. The standard InChI is InChI=1S/C22H21N3O5S2/c1-2-30-21(27)19-14-23-22(31-19)24-20(26)16-9-11-17(12-10-16)32(28,29)25-13-5-7-15-6-3-4-8-18(15)25/h3-4,6,8-12,14H,2,5,7,13H2,1H3,(H,23,24,26). The lowest BCUT2D eigenvalue weighted by Gasteiger charge is -2.30. The number of rotatable bonds is 6. The van der Waals surface area contributed by atoms with E-state index >= 15 is 0 Å². The van der Waals surface area contributed by atoms with Crippen molar-refractivity contribution in [2.45, 2.75) is 24.7 Å². The molecule has 1 amide bonds. The van der Waals surface area contributed by atoms with Crippen LogP contribution in [-0.2, 0) is 21.2 Å². The maximum absolute atomic E-state index is 13.2. The normalized spacial score (nSPS) is 13.3. The van der Waals surface area contributed by atoms with Crippen molar-refractivity contribution in [2.75, 3.05) is 22.8 Å². The van der Waals surface area contributed by atoms with Crippen LogP contribution in [0.15, 0.2) is 59.6 Å². The van der Waals surface area contributed by atoms with Gasteiger partial charge in [0.05, 0.1) is 23.4 Å². The van der Waals surface area contributed by atoms with Crippen LogP contribution in [0.2, 0.25) is 0 Å². The Kier molecular flexibility index (Phi) is 6.24. The number of esters is 1. The zero-order chi connectivity index (χ0) is 22.7. The number of carbonyl (C=O) groups is 2. The Bertz CT molecular complexity index is 1250. The van der Waals surface area contributed by atoms with Crippen LogP contribution in [0.4, 0.5) is 10.8 Å². The van der Waals surface area contributed by atoms with Crippen LogP contribution >= 0.6 is 11.3 Å². The molecule has 0 saturated heterocycles. The Morgan fingerprint density at radius 3 is 2.66 bits per heavy atom. The van der Waals surface area contributed by atoms with E-state index < -0.39 is 21.9 Å². The number of carbonyl (C=O) groups excluding carboxylic acids is 2. The predicted molar refractivity (Wildman–Crippen MR) is 122 cm³/mol. The maximum Gasteiger partial charge on any atom is 0.350 e. The fourth-order valence-corrected chi connectivity index (χ4v) is 5.70. The molecule has 4 rings (SSSR count). The van der Waals surface area contributed by atoms with Crippen LogP contribution in [0.3, 0.4) is 0 Å². The van der Waals surface area contributed by atoms with Crippen molar-refractivity contribution >= 4 is 44.1 Å². The van der Waals surface area contributed by atoms with Crippen molar-refractivity contribution in [3.05, 3.63) is 70.7 Å². The van der Waals surface area contributed by atoms with Gasteiger partial charge in [0.1, 0.15) is 4.88 Å². The molecule has 1 aliphatic heterocycles. The van der Waals surface area contributed by atoms with Gasteiger partial charge in [0, 0.05) is 12.1 Å². The number of nitrogens with zero attached hydrogens (tertiary/aromatic N) is 2. The minimum absolute atomic E-state index is 0.115. The molecule has 2 aromatic carbocycles. The summed E-state index contributed by atoms with van der Waals surface area (Å²) in [6, 6.07) is 13.2. The number of hydrogen-bond donors (Lipinski definition) is 1. The monoisotopic (exact) mass is 471 g/mol. The van der Waals surface area contributed by atoms with Crippen molar-refractivity contribution in [1.82, 2.24) is 4.98 Å². The van der Waals surface area contributed by atoms with E-state index in [1.165, 1.54) is 34.8 Å². The van der Waals surface area contributed by atoms with Crippen LogP contribution in [0, 0.1) is 0 Å².